The normalized spacial score (nSPS) is 8.90. The molecule has 0 radical (unpaired) electrons. The van der Waals surface area contributed by atoms with Gasteiger partial charge in [-0.05, 0) is 6.07 Å². The van der Waals surface area contributed by atoms with Crippen molar-refractivity contribution in [3.63, 3.8) is 0 Å². The van der Waals surface area contributed by atoms with Crippen LogP contribution in [0.1, 0.15) is 0 Å². The van der Waals surface area contributed by atoms with Crippen LogP contribution in [-0.2, 0) is 0 Å². The maximum Gasteiger partial charge on any atom is 0.388 e. The molecule has 0 heterocycles. The van der Waals surface area contributed by atoms with Gasteiger partial charge in [0.15, 0.2) is 4.98 Å². The van der Waals surface area contributed by atoms with Gasteiger partial charge in [-0.1, -0.05) is 11.6 Å². The predicted molar refractivity (Wildman–Crippen MR) is 36.2 cm³/mol. The fourth-order valence-corrected chi connectivity index (χ4v) is 0.665. The molecular weight excluding hydrogens is 155 g/mol. The highest BCUT2D eigenvalue weighted by Gasteiger charge is 2.07. The molecule has 0 aliphatic carbocycles. The van der Waals surface area contributed by atoms with Crippen molar-refractivity contribution in [1.29, 1.82) is 5.39 Å². The summed E-state index contributed by atoms with van der Waals surface area (Å²) >= 11 is 5.34. The minimum Gasteiger partial charge on any atom is -0.205 e. The highest BCUT2D eigenvalue weighted by atomic mass is 35.5. The van der Waals surface area contributed by atoms with Gasteiger partial charge >= 0.3 is 5.69 Å². The standard InChI is InChI=1S/C6H3ClFN2/c7-5-2-1-4(10-9)3-6(5)8/h1-3H/q+1. The van der Waals surface area contributed by atoms with Crippen LogP contribution in [0.2, 0.25) is 5.02 Å². The molecular formula is C6H3ClFN2+. The fraction of sp³-hybridized carbons (Fsp3) is 0. The minimum absolute atomic E-state index is 0.0207. The smallest absolute Gasteiger partial charge is 0.205 e. The highest BCUT2D eigenvalue weighted by Crippen LogP contribution is 2.20. The summed E-state index contributed by atoms with van der Waals surface area (Å²) in [5.41, 5.74) is 0.155. The van der Waals surface area contributed by atoms with Gasteiger partial charge in [-0.2, -0.15) is 0 Å². The molecule has 0 bridgehead atoms. The Labute approximate surface area is 61.9 Å². The van der Waals surface area contributed by atoms with E-state index in [9.17, 15) is 4.39 Å². The van der Waals surface area contributed by atoms with Gasteiger partial charge in [0.2, 0.25) is 5.39 Å². The van der Waals surface area contributed by atoms with Gasteiger partial charge in [-0.25, -0.2) is 4.39 Å². The Morgan fingerprint density at radius 3 is 2.70 bits per heavy atom. The van der Waals surface area contributed by atoms with Crippen molar-refractivity contribution in [3.8, 4) is 0 Å². The molecule has 0 saturated heterocycles. The molecule has 2 nitrogen and oxygen atoms in total. The van der Waals surface area contributed by atoms with E-state index in [0.29, 0.717) is 0 Å². The summed E-state index contributed by atoms with van der Waals surface area (Å²) in [4.78, 5) is 2.77. The van der Waals surface area contributed by atoms with Gasteiger partial charge in [0.25, 0.3) is 0 Å². The minimum atomic E-state index is -0.586. The lowest BCUT2D eigenvalue weighted by Crippen LogP contribution is -1.72. The lowest BCUT2D eigenvalue weighted by atomic mass is 10.3. The zero-order chi connectivity index (χ0) is 7.56. The Bertz CT molecular complexity index is 292. The summed E-state index contributed by atoms with van der Waals surface area (Å²) in [6.45, 7) is 0. The van der Waals surface area contributed by atoms with Gasteiger partial charge in [-0.15, -0.1) is 0 Å². The third-order valence-corrected chi connectivity index (χ3v) is 1.33. The van der Waals surface area contributed by atoms with E-state index in [4.69, 9.17) is 17.0 Å². The third kappa shape index (κ3) is 1.23. The van der Waals surface area contributed by atoms with E-state index in [1.54, 1.807) is 0 Å². The Kier molecular flexibility index (Phi) is 1.83. The molecule has 1 aromatic carbocycles. The quantitative estimate of drug-likeness (QED) is 0.532. The lowest BCUT2D eigenvalue weighted by molar-refractivity contribution is 0.629. The number of rotatable bonds is 0. The van der Waals surface area contributed by atoms with Gasteiger partial charge in [0.05, 0.1) is 11.1 Å². The van der Waals surface area contributed by atoms with Gasteiger partial charge in [-0.3, -0.25) is 0 Å². The number of hydrogen-bond acceptors (Lipinski definition) is 1. The van der Waals surface area contributed by atoms with Crippen molar-refractivity contribution in [3.05, 3.63) is 34.0 Å². The maximum atomic E-state index is 12.5. The SMILES string of the molecule is N#[N+]c1ccc(Cl)c(F)c1. The van der Waals surface area contributed by atoms with Crippen molar-refractivity contribution in [1.82, 2.24) is 0 Å². The van der Waals surface area contributed by atoms with Crippen molar-refractivity contribution in [2.45, 2.75) is 0 Å². The summed E-state index contributed by atoms with van der Waals surface area (Å²) in [5, 5.41) is 8.19. The van der Waals surface area contributed by atoms with Crippen LogP contribution < -0.4 is 0 Å². The molecule has 4 heteroatoms. The first kappa shape index (κ1) is 6.97. The Morgan fingerprint density at radius 2 is 2.20 bits per heavy atom. The van der Waals surface area contributed by atoms with Crippen molar-refractivity contribution in [2.75, 3.05) is 0 Å². The highest BCUT2D eigenvalue weighted by molar-refractivity contribution is 6.30. The zero-order valence-electron chi connectivity index (χ0n) is 4.88. The molecule has 0 fully saturated rings. The van der Waals surface area contributed by atoms with Crippen LogP contribution in [0.3, 0.4) is 0 Å². The fourth-order valence-electron chi connectivity index (χ4n) is 0.547. The molecule has 0 aromatic heterocycles. The van der Waals surface area contributed by atoms with Gasteiger partial charge in [0.1, 0.15) is 5.82 Å². The van der Waals surface area contributed by atoms with Crippen LogP contribution in [0.5, 0.6) is 0 Å². The molecule has 1 aromatic rings. The largest absolute Gasteiger partial charge is 0.388 e. The molecule has 10 heavy (non-hydrogen) atoms. The van der Waals surface area contributed by atoms with E-state index < -0.39 is 5.82 Å². The maximum absolute atomic E-state index is 12.5. The van der Waals surface area contributed by atoms with Gasteiger partial charge in [0, 0.05) is 6.07 Å². The molecule has 0 unspecified atom stereocenters. The summed E-state index contributed by atoms with van der Waals surface area (Å²) in [7, 11) is 0. The van der Waals surface area contributed by atoms with Crippen LogP contribution >= 0.6 is 11.6 Å². The van der Waals surface area contributed by atoms with E-state index >= 15 is 0 Å². The van der Waals surface area contributed by atoms with E-state index in [1.807, 2.05) is 0 Å². The van der Waals surface area contributed by atoms with Crippen LogP contribution in [0.4, 0.5) is 10.1 Å². The van der Waals surface area contributed by atoms with E-state index in [-0.39, 0.29) is 10.7 Å². The van der Waals surface area contributed by atoms with Crippen LogP contribution in [0, 0.1) is 11.2 Å². The first-order valence-corrected chi connectivity index (χ1v) is 2.92. The summed E-state index contributed by atoms with van der Waals surface area (Å²) < 4.78 is 12.5. The number of halogens is 2. The lowest BCUT2D eigenvalue weighted by Gasteiger charge is -1.85. The zero-order valence-corrected chi connectivity index (χ0v) is 5.64. The predicted octanol–water partition coefficient (Wildman–Crippen LogP) is 2.96. The first-order chi connectivity index (χ1) is 4.74. The number of benzene rings is 1. The molecule has 1 rings (SSSR count). The molecule has 0 N–H and O–H groups in total. The average Bonchev–Trinajstić information content (AvgIpc) is 1.95. The number of diazo groups is 1. The number of hydrogen-bond donors (Lipinski definition) is 0. The summed E-state index contributed by atoms with van der Waals surface area (Å²) in [6.07, 6.45) is 0. The Balaban J connectivity index is 3.20. The van der Waals surface area contributed by atoms with Crippen LogP contribution in [0.15, 0.2) is 18.2 Å². The summed E-state index contributed by atoms with van der Waals surface area (Å²) in [6, 6.07) is 3.78. The monoisotopic (exact) mass is 157 g/mol. The van der Waals surface area contributed by atoms with Crippen molar-refractivity contribution < 1.29 is 4.39 Å². The van der Waals surface area contributed by atoms with Crippen LogP contribution in [-0.4, -0.2) is 0 Å². The number of nitrogens with zero attached hydrogens (tertiary/aromatic N) is 2. The van der Waals surface area contributed by atoms with E-state index in [2.05, 4.69) is 4.98 Å². The molecule has 0 spiro atoms. The van der Waals surface area contributed by atoms with E-state index in [1.165, 1.54) is 12.1 Å². The molecule has 0 amide bonds. The summed E-state index contributed by atoms with van der Waals surface area (Å²) in [5.74, 6) is -0.586. The topological polar surface area (TPSA) is 28.1 Å². The second-order valence-corrected chi connectivity index (χ2v) is 2.11. The third-order valence-electron chi connectivity index (χ3n) is 1.02. The molecule has 0 saturated carbocycles. The van der Waals surface area contributed by atoms with Crippen molar-refractivity contribution >= 4 is 17.3 Å². The molecule has 0 atom stereocenters. The van der Waals surface area contributed by atoms with E-state index in [0.717, 1.165) is 6.07 Å². The molecule has 50 valence electrons. The Morgan fingerprint density at radius 1 is 1.50 bits per heavy atom. The van der Waals surface area contributed by atoms with Crippen LogP contribution in [0.25, 0.3) is 4.98 Å². The van der Waals surface area contributed by atoms with Gasteiger partial charge < -0.3 is 0 Å². The first-order valence-electron chi connectivity index (χ1n) is 2.54. The Hall–Kier alpha value is -1.14. The van der Waals surface area contributed by atoms with Crippen molar-refractivity contribution in [2.24, 2.45) is 0 Å². The molecule has 0 aliphatic heterocycles. The second-order valence-electron chi connectivity index (χ2n) is 1.70. The molecule has 0 aliphatic rings. The second kappa shape index (κ2) is 2.63. The average molecular weight is 158 g/mol.